The fraction of sp³-hybridized carbons (Fsp3) is 0.542. The lowest BCUT2D eigenvalue weighted by Gasteiger charge is -2.31. The van der Waals surface area contributed by atoms with Crippen LogP contribution < -0.4 is 16.6 Å². The minimum Gasteiger partial charge on any atom is -0.349 e. The molecule has 2 aliphatic rings. The number of thioether (sulfide) groups is 1. The third kappa shape index (κ3) is 4.87. The molecule has 0 radical (unpaired) electrons. The molecule has 0 bridgehead atoms. The Balaban J connectivity index is 1.63. The Morgan fingerprint density at radius 3 is 2.47 bits per heavy atom. The van der Waals surface area contributed by atoms with Gasteiger partial charge in [-0.15, -0.1) is 0 Å². The number of pyridine rings is 1. The second-order valence-corrected chi connectivity index (χ2v) is 10.0. The maximum Gasteiger partial charge on any atom is 0.333 e. The Bertz CT molecular complexity index is 1240. The molecule has 0 unspecified atom stereocenters. The number of halogens is 1. The Morgan fingerprint density at radius 1 is 1.15 bits per heavy atom. The summed E-state index contributed by atoms with van der Waals surface area (Å²) in [5.41, 5.74) is -0.0898. The highest BCUT2D eigenvalue weighted by Crippen LogP contribution is 2.30. The van der Waals surface area contributed by atoms with E-state index in [1.807, 2.05) is 11.8 Å². The average molecular weight is 488 g/mol. The monoisotopic (exact) mass is 487 g/mol. The zero-order chi connectivity index (χ0) is 24.2. The molecule has 1 aliphatic carbocycles. The number of amides is 1. The highest BCUT2D eigenvalue weighted by atomic mass is 32.2. The van der Waals surface area contributed by atoms with E-state index >= 15 is 0 Å². The highest BCUT2D eigenvalue weighted by molar-refractivity contribution is 7.99. The Hall–Kier alpha value is -2.75. The summed E-state index contributed by atoms with van der Waals surface area (Å²) < 4.78 is 17.0. The van der Waals surface area contributed by atoms with E-state index in [0.717, 1.165) is 30.5 Å². The van der Waals surface area contributed by atoms with Crippen LogP contribution in [0.15, 0.2) is 38.5 Å². The Kier molecular flexibility index (Phi) is 7.65. The van der Waals surface area contributed by atoms with Gasteiger partial charge < -0.3 is 5.32 Å². The lowest BCUT2D eigenvalue weighted by Crippen LogP contribution is -2.46. The molecule has 0 aromatic carbocycles. The molecule has 1 N–H and O–H groups in total. The summed E-state index contributed by atoms with van der Waals surface area (Å²) in [6.07, 6.45) is 8.34. The zero-order valence-electron chi connectivity index (χ0n) is 19.5. The molecule has 3 heterocycles. The molecule has 1 saturated carbocycles. The number of allylic oxidation sites excluding steroid dienone is 1. The number of nitrogens with one attached hydrogen (secondary N) is 1. The van der Waals surface area contributed by atoms with Gasteiger partial charge in [-0.3, -0.25) is 23.7 Å². The molecular weight excluding hydrogens is 457 g/mol. The molecule has 2 fully saturated rings. The predicted molar refractivity (Wildman–Crippen MR) is 133 cm³/mol. The van der Waals surface area contributed by atoms with Gasteiger partial charge in [-0.2, -0.15) is 11.8 Å². The van der Waals surface area contributed by atoms with Crippen LogP contribution >= 0.6 is 11.8 Å². The van der Waals surface area contributed by atoms with Crippen LogP contribution in [0.1, 0.15) is 57.5 Å². The Labute approximate surface area is 201 Å². The minimum atomic E-state index is -0.595. The summed E-state index contributed by atoms with van der Waals surface area (Å²) in [6, 6.07) is 0.783. The van der Waals surface area contributed by atoms with Crippen LogP contribution in [0.4, 0.5) is 4.39 Å². The molecule has 2 aromatic rings. The summed E-state index contributed by atoms with van der Waals surface area (Å²) >= 11 is 1.84. The molecule has 182 valence electrons. The van der Waals surface area contributed by atoms with Crippen LogP contribution in [0.2, 0.25) is 0 Å². The molecule has 1 amide bonds. The lowest BCUT2D eigenvalue weighted by atomic mass is 9.90. The van der Waals surface area contributed by atoms with Gasteiger partial charge in [0.05, 0.1) is 17.2 Å². The molecular formula is C24H30FN5O3S. The number of aromatic nitrogens is 3. The second-order valence-electron chi connectivity index (χ2n) is 8.81. The van der Waals surface area contributed by atoms with E-state index in [4.69, 9.17) is 0 Å². The van der Waals surface area contributed by atoms with E-state index in [-0.39, 0.29) is 40.8 Å². The van der Waals surface area contributed by atoms with Crippen molar-refractivity contribution in [3.63, 3.8) is 0 Å². The fourth-order valence-electron chi connectivity index (χ4n) is 4.95. The van der Waals surface area contributed by atoms with Crippen LogP contribution in [-0.4, -0.2) is 50.8 Å². The number of fused-ring (bicyclic) bond motifs is 1. The van der Waals surface area contributed by atoms with Crippen molar-refractivity contribution >= 4 is 34.9 Å². The highest BCUT2D eigenvalue weighted by Gasteiger charge is 2.29. The molecule has 34 heavy (non-hydrogen) atoms. The summed E-state index contributed by atoms with van der Waals surface area (Å²) in [4.78, 5) is 47.5. The van der Waals surface area contributed by atoms with Crippen LogP contribution in [0, 0.1) is 5.82 Å². The SMILES string of the molecule is C/C=C(\C=NC)C(=O)NC1CCC(n2c(=O)c3cc(F)cnc3n(C3CCSCC3)c2=O)CC1. The summed E-state index contributed by atoms with van der Waals surface area (Å²) in [5, 5.41) is 3.17. The third-order valence-electron chi connectivity index (χ3n) is 6.72. The predicted octanol–water partition coefficient (Wildman–Crippen LogP) is 3.01. The summed E-state index contributed by atoms with van der Waals surface area (Å²) in [6.45, 7) is 1.79. The van der Waals surface area contributed by atoms with E-state index in [0.29, 0.717) is 31.3 Å². The van der Waals surface area contributed by atoms with Crippen molar-refractivity contribution in [1.29, 1.82) is 0 Å². The van der Waals surface area contributed by atoms with Gasteiger partial charge in [0.15, 0.2) is 0 Å². The number of aliphatic imine (C=N–C) groups is 1. The average Bonchev–Trinajstić information content (AvgIpc) is 2.84. The van der Waals surface area contributed by atoms with Crippen molar-refractivity contribution in [3.8, 4) is 0 Å². The van der Waals surface area contributed by atoms with Crippen LogP contribution in [0.25, 0.3) is 11.0 Å². The van der Waals surface area contributed by atoms with Gasteiger partial charge in [-0.25, -0.2) is 14.2 Å². The number of carbonyl (C=O) groups is 1. The van der Waals surface area contributed by atoms with E-state index in [2.05, 4.69) is 15.3 Å². The van der Waals surface area contributed by atoms with Crippen LogP contribution in [0.5, 0.6) is 0 Å². The molecule has 1 aliphatic heterocycles. The maximum atomic E-state index is 14.0. The van der Waals surface area contributed by atoms with Gasteiger partial charge in [-0.05, 0) is 63.0 Å². The van der Waals surface area contributed by atoms with E-state index in [1.165, 1.54) is 16.8 Å². The second kappa shape index (κ2) is 10.7. The maximum absolute atomic E-state index is 14.0. The first kappa shape index (κ1) is 24.4. The van der Waals surface area contributed by atoms with Crippen molar-refractivity contribution in [2.24, 2.45) is 4.99 Å². The zero-order valence-corrected chi connectivity index (χ0v) is 20.3. The van der Waals surface area contributed by atoms with Crippen molar-refractivity contribution in [3.05, 3.63) is 50.6 Å². The summed E-state index contributed by atoms with van der Waals surface area (Å²) in [5.74, 6) is 1.09. The van der Waals surface area contributed by atoms with Crippen LogP contribution in [-0.2, 0) is 4.79 Å². The van der Waals surface area contributed by atoms with Crippen LogP contribution in [0.3, 0.4) is 0 Å². The largest absolute Gasteiger partial charge is 0.349 e. The van der Waals surface area contributed by atoms with Gasteiger partial charge in [0.2, 0.25) is 0 Å². The third-order valence-corrected chi connectivity index (χ3v) is 7.77. The first-order valence-corrected chi connectivity index (χ1v) is 12.9. The van der Waals surface area contributed by atoms with Crippen molar-refractivity contribution in [2.45, 2.75) is 63.6 Å². The minimum absolute atomic E-state index is 0.0446. The van der Waals surface area contributed by atoms with Gasteiger partial charge in [0.1, 0.15) is 11.5 Å². The number of hydrogen-bond acceptors (Lipinski definition) is 6. The van der Waals surface area contributed by atoms with E-state index in [9.17, 15) is 18.8 Å². The smallest absolute Gasteiger partial charge is 0.333 e. The number of rotatable bonds is 5. The topological polar surface area (TPSA) is 98.3 Å². The molecule has 8 nitrogen and oxygen atoms in total. The lowest BCUT2D eigenvalue weighted by molar-refractivity contribution is -0.117. The summed E-state index contributed by atoms with van der Waals surface area (Å²) in [7, 11) is 1.61. The molecule has 0 atom stereocenters. The van der Waals surface area contributed by atoms with Gasteiger partial charge in [0, 0.05) is 31.4 Å². The number of carbonyl (C=O) groups excluding carboxylic acids is 1. The van der Waals surface area contributed by atoms with Crippen molar-refractivity contribution in [2.75, 3.05) is 18.6 Å². The first-order valence-electron chi connectivity index (χ1n) is 11.7. The first-order chi connectivity index (χ1) is 16.4. The quantitative estimate of drug-likeness (QED) is 0.516. The fourth-order valence-corrected chi connectivity index (χ4v) is 6.03. The Morgan fingerprint density at radius 2 is 1.82 bits per heavy atom. The normalized spacial score (nSPS) is 22.4. The van der Waals surface area contributed by atoms with E-state index < -0.39 is 11.4 Å². The molecule has 10 heteroatoms. The molecule has 2 aromatic heterocycles. The van der Waals surface area contributed by atoms with Gasteiger partial charge in [-0.1, -0.05) is 6.08 Å². The molecule has 4 rings (SSSR count). The standard InChI is InChI=1S/C24H30FN5O3S/c1-3-15(13-26-2)22(31)28-17-4-6-18(7-5-17)30-23(32)20-12-16(25)14-27-21(20)29(24(30)33)19-8-10-34-11-9-19/h3,12-14,17-19H,4-11H2,1-2H3,(H,28,31)/b15-3+,26-13?. The van der Waals surface area contributed by atoms with Crippen molar-refractivity contribution < 1.29 is 9.18 Å². The molecule has 1 saturated heterocycles. The van der Waals surface area contributed by atoms with E-state index in [1.54, 1.807) is 24.6 Å². The van der Waals surface area contributed by atoms with Crippen molar-refractivity contribution in [1.82, 2.24) is 19.4 Å². The molecule has 0 spiro atoms. The van der Waals surface area contributed by atoms with Gasteiger partial charge in [0.25, 0.3) is 11.5 Å². The van der Waals surface area contributed by atoms with Gasteiger partial charge >= 0.3 is 5.69 Å². The number of hydrogen-bond donors (Lipinski definition) is 1. The number of nitrogens with zero attached hydrogens (tertiary/aromatic N) is 4.